The molecular formula is C15H22N2O3. The number of fused-ring (bicyclic) bond motifs is 1. The predicted molar refractivity (Wildman–Crippen MR) is 76.5 cm³/mol. The van der Waals surface area contributed by atoms with Crippen LogP contribution in [-0.4, -0.2) is 30.7 Å². The zero-order valence-electron chi connectivity index (χ0n) is 12.1. The Morgan fingerprint density at radius 1 is 1.40 bits per heavy atom. The molecule has 110 valence electrons. The van der Waals surface area contributed by atoms with E-state index in [9.17, 15) is 4.79 Å². The number of carbonyl (C=O) groups is 1. The Bertz CT molecular complexity index is 476. The molecule has 2 rings (SSSR count). The summed E-state index contributed by atoms with van der Waals surface area (Å²) in [6.45, 7) is 2.87. The monoisotopic (exact) mass is 278 g/mol. The van der Waals surface area contributed by atoms with Gasteiger partial charge >= 0.3 is 0 Å². The first kappa shape index (κ1) is 14.7. The van der Waals surface area contributed by atoms with Crippen LogP contribution in [0.3, 0.4) is 0 Å². The van der Waals surface area contributed by atoms with Crippen LogP contribution in [0.2, 0.25) is 0 Å². The molecule has 1 aromatic carbocycles. The Morgan fingerprint density at radius 2 is 2.15 bits per heavy atom. The summed E-state index contributed by atoms with van der Waals surface area (Å²) < 4.78 is 10.6. The van der Waals surface area contributed by atoms with Crippen LogP contribution in [0.25, 0.3) is 0 Å². The van der Waals surface area contributed by atoms with Crippen LogP contribution >= 0.6 is 0 Å². The molecule has 0 fully saturated rings. The van der Waals surface area contributed by atoms with E-state index in [4.69, 9.17) is 15.2 Å². The van der Waals surface area contributed by atoms with Gasteiger partial charge in [-0.1, -0.05) is 25.8 Å². The van der Waals surface area contributed by atoms with Crippen LogP contribution in [0, 0.1) is 0 Å². The maximum absolute atomic E-state index is 12.1. The maximum Gasteiger partial charge on any atom is 0.239 e. The fraction of sp³-hybridized carbons (Fsp3) is 0.533. The summed E-state index contributed by atoms with van der Waals surface area (Å²) in [6.07, 6.45) is 2.76. The highest BCUT2D eigenvalue weighted by Crippen LogP contribution is 2.32. The Kier molecular flexibility index (Phi) is 4.84. The van der Waals surface area contributed by atoms with Gasteiger partial charge in [0.15, 0.2) is 11.5 Å². The maximum atomic E-state index is 12.1. The van der Waals surface area contributed by atoms with Gasteiger partial charge in [-0.2, -0.15) is 0 Å². The lowest BCUT2D eigenvalue weighted by Gasteiger charge is -2.21. The summed E-state index contributed by atoms with van der Waals surface area (Å²) in [5, 5.41) is 0. The number of ether oxygens (including phenoxy) is 2. The third kappa shape index (κ3) is 3.42. The van der Waals surface area contributed by atoms with Crippen LogP contribution in [-0.2, 0) is 11.3 Å². The van der Waals surface area contributed by atoms with Crippen molar-refractivity contribution in [3.05, 3.63) is 23.8 Å². The van der Waals surface area contributed by atoms with Gasteiger partial charge in [0.25, 0.3) is 0 Å². The molecule has 0 saturated heterocycles. The summed E-state index contributed by atoms with van der Waals surface area (Å²) in [5.41, 5.74) is 6.92. The summed E-state index contributed by atoms with van der Waals surface area (Å²) in [7, 11) is 1.78. The molecule has 2 N–H and O–H groups in total. The van der Waals surface area contributed by atoms with Gasteiger partial charge in [0.05, 0.1) is 6.04 Å². The van der Waals surface area contributed by atoms with Crippen molar-refractivity contribution >= 4 is 5.91 Å². The molecule has 0 spiro atoms. The highest BCUT2D eigenvalue weighted by Gasteiger charge is 2.19. The third-order valence-electron chi connectivity index (χ3n) is 3.42. The Labute approximate surface area is 119 Å². The van der Waals surface area contributed by atoms with E-state index in [2.05, 4.69) is 6.92 Å². The highest BCUT2D eigenvalue weighted by atomic mass is 16.7. The number of amides is 1. The van der Waals surface area contributed by atoms with Gasteiger partial charge in [-0.15, -0.1) is 0 Å². The molecule has 5 nitrogen and oxygen atoms in total. The number of hydrogen-bond donors (Lipinski definition) is 1. The highest BCUT2D eigenvalue weighted by molar-refractivity contribution is 5.81. The lowest BCUT2D eigenvalue weighted by Crippen LogP contribution is -2.41. The van der Waals surface area contributed by atoms with Gasteiger partial charge in [-0.05, 0) is 24.1 Å². The van der Waals surface area contributed by atoms with Crippen LogP contribution in [0.15, 0.2) is 18.2 Å². The number of nitrogens with two attached hydrogens (primary N) is 1. The molecule has 1 unspecified atom stereocenters. The number of rotatable bonds is 6. The van der Waals surface area contributed by atoms with E-state index in [0.29, 0.717) is 6.54 Å². The minimum atomic E-state index is -0.408. The van der Waals surface area contributed by atoms with Gasteiger partial charge in [0.2, 0.25) is 12.7 Å². The number of benzene rings is 1. The summed E-state index contributed by atoms with van der Waals surface area (Å²) in [6, 6.07) is 5.31. The third-order valence-corrected chi connectivity index (χ3v) is 3.42. The lowest BCUT2D eigenvalue weighted by atomic mass is 10.1. The minimum absolute atomic E-state index is 0.0175. The molecule has 1 atom stereocenters. The van der Waals surface area contributed by atoms with Crippen molar-refractivity contribution in [3.8, 4) is 11.5 Å². The number of carbonyl (C=O) groups excluding carboxylic acids is 1. The van der Waals surface area contributed by atoms with E-state index in [0.717, 1.165) is 36.3 Å². The van der Waals surface area contributed by atoms with E-state index < -0.39 is 6.04 Å². The second kappa shape index (κ2) is 6.61. The number of likely N-dealkylation sites (N-methyl/N-ethyl adjacent to an activating group) is 1. The van der Waals surface area contributed by atoms with Crippen molar-refractivity contribution in [3.63, 3.8) is 0 Å². The fourth-order valence-corrected chi connectivity index (χ4v) is 2.22. The smallest absolute Gasteiger partial charge is 0.239 e. The average Bonchev–Trinajstić information content (AvgIpc) is 2.91. The van der Waals surface area contributed by atoms with Crippen molar-refractivity contribution in [2.24, 2.45) is 5.73 Å². The zero-order valence-corrected chi connectivity index (χ0v) is 12.1. The molecule has 0 radical (unpaired) electrons. The van der Waals surface area contributed by atoms with Crippen LogP contribution in [0.1, 0.15) is 31.7 Å². The number of nitrogens with zero attached hydrogens (tertiary/aromatic N) is 1. The van der Waals surface area contributed by atoms with E-state index in [1.807, 2.05) is 18.2 Å². The van der Waals surface area contributed by atoms with Crippen LogP contribution in [0.4, 0.5) is 0 Å². The standard InChI is InChI=1S/C15H22N2O3/c1-3-4-5-12(16)15(18)17(2)9-11-6-7-13-14(8-11)20-10-19-13/h6-8,12H,3-5,9-10,16H2,1-2H3. The Hall–Kier alpha value is -1.75. The molecule has 20 heavy (non-hydrogen) atoms. The Morgan fingerprint density at radius 3 is 2.90 bits per heavy atom. The molecule has 1 aliphatic heterocycles. The van der Waals surface area contributed by atoms with Crippen molar-refractivity contribution in [1.29, 1.82) is 0 Å². The molecule has 0 saturated carbocycles. The number of hydrogen-bond acceptors (Lipinski definition) is 4. The second-order valence-electron chi connectivity index (χ2n) is 5.13. The zero-order chi connectivity index (χ0) is 14.5. The van der Waals surface area contributed by atoms with E-state index in [1.165, 1.54) is 0 Å². The van der Waals surface area contributed by atoms with Crippen molar-refractivity contribution in [1.82, 2.24) is 4.90 Å². The normalized spacial score (nSPS) is 14.2. The molecule has 1 heterocycles. The fourth-order valence-electron chi connectivity index (χ4n) is 2.22. The predicted octanol–water partition coefficient (Wildman–Crippen LogP) is 1.89. The average molecular weight is 278 g/mol. The summed E-state index contributed by atoms with van der Waals surface area (Å²) in [4.78, 5) is 13.8. The largest absolute Gasteiger partial charge is 0.454 e. The first-order valence-corrected chi connectivity index (χ1v) is 7.01. The molecule has 1 amide bonds. The number of unbranched alkanes of at least 4 members (excludes halogenated alkanes) is 1. The lowest BCUT2D eigenvalue weighted by molar-refractivity contribution is -0.132. The molecule has 1 aromatic rings. The summed E-state index contributed by atoms with van der Waals surface area (Å²) >= 11 is 0. The van der Waals surface area contributed by atoms with Crippen LogP contribution < -0.4 is 15.2 Å². The van der Waals surface area contributed by atoms with E-state index in [-0.39, 0.29) is 12.7 Å². The van der Waals surface area contributed by atoms with Gasteiger partial charge in [-0.3, -0.25) is 4.79 Å². The van der Waals surface area contributed by atoms with E-state index in [1.54, 1.807) is 11.9 Å². The van der Waals surface area contributed by atoms with Crippen molar-refractivity contribution in [2.45, 2.75) is 38.8 Å². The SMILES string of the molecule is CCCCC(N)C(=O)N(C)Cc1ccc2c(c1)OCO2. The first-order chi connectivity index (χ1) is 9.61. The second-order valence-corrected chi connectivity index (χ2v) is 5.13. The van der Waals surface area contributed by atoms with Crippen molar-refractivity contribution in [2.75, 3.05) is 13.8 Å². The van der Waals surface area contributed by atoms with Gasteiger partial charge in [-0.25, -0.2) is 0 Å². The van der Waals surface area contributed by atoms with Gasteiger partial charge < -0.3 is 20.1 Å². The van der Waals surface area contributed by atoms with Gasteiger partial charge in [0, 0.05) is 13.6 Å². The first-order valence-electron chi connectivity index (χ1n) is 7.01. The van der Waals surface area contributed by atoms with Crippen molar-refractivity contribution < 1.29 is 14.3 Å². The van der Waals surface area contributed by atoms with Gasteiger partial charge in [0.1, 0.15) is 0 Å². The topological polar surface area (TPSA) is 64.8 Å². The Balaban J connectivity index is 1.93. The molecule has 0 aromatic heterocycles. The molecule has 5 heteroatoms. The van der Waals surface area contributed by atoms with E-state index >= 15 is 0 Å². The minimum Gasteiger partial charge on any atom is -0.454 e. The quantitative estimate of drug-likeness (QED) is 0.863. The summed E-state index contributed by atoms with van der Waals surface area (Å²) in [5.74, 6) is 1.47. The molecule has 1 aliphatic rings. The molecular weight excluding hydrogens is 256 g/mol. The molecule has 0 aliphatic carbocycles. The van der Waals surface area contributed by atoms with Crippen LogP contribution in [0.5, 0.6) is 11.5 Å². The molecule has 0 bridgehead atoms.